The number of carbonyl (C=O) groups excluding carboxylic acids is 2. The molecule has 0 amide bonds. The largest absolute Gasteiger partial charge is 0.438 e. The van der Waals surface area contributed by atoms with Crippen LogP contribution >= 0.6 is 16.1 Å². The van der Waals surface area contributed by atoms with E-state index in [9.17, 15) is 19.4 Å². The highest BCUT2D eigenvalue weighted by atomic mass is 31.2. The smallest absolute Gasteiger partial charge is 0.359 e. The van der Waals surface area contributed by atoms with E-state index < -0.39 is 76.9 Å². The number of methoxy groups -OCH3 is 1. The van der Waals surface area contributed by atoms with Crippen molar-refractivity contribution in [2.24, 2.45) is 10.8 Å². The second-order valence-electron chi connectivity index (χ2n) is 14.0. The quantitative estimate of drug-likeness (QED) is 0.0631. The molecular weight excluding hydrogens is 674 g/mol. The lowest BCUT2D eigenvalue weighted by Crippen LogP contribution is -2.39. The monoisotopic (exact) mass is 728 g/mol. The third-order valence-corrected chi connectivity index (χ3v) is 10.6. The first-order valence-corrected chi connectivity index (χ1v) is 19.0. The summed E-state index contributed by atoms with van der Waals surface area (Å²) in [5.74, 6) is 0.0203. The van der Waals surface area contributed by atoms with Crippen molar-refractivity contribution in [2.45, 2.75) is 112 Å². The Morgan fingerprint density at radius 2 is 1.49 bits per heavy atom. The minimum absolute atomic E-state index is 0.0315. The van der Waals surface area contributed by atoms with Gasteiger partial charge in [-0.25, -0.2) is 4.67 Å². The van der Waals surface area contributed by atoms with Crippen LogP contribution in [0, 0.1) is 22.2 Å². The van der Waals surface area contributed by atoms with Gasteiger partial charge < -0.3 is 28.0 Å². The molecule has 1 aromatic carbocycles. The number of rotatable bonds is 18. The second kappa shape index (κ2) is 19.4. The average Bonchev–Trinajstić information content (AvgIpc) is 3.36. The highest BCUT2D eigenvalue weighted by Gasteiger charge is 2.48. The van der Waals surface area contributed by atoms with Gasteiger partial charge in [0, 0.05) is 25.0 Å². The molecule has 0 N–H and O–H groups in total. The lowest BCUT2D eigenvalue weighted by molar-refractivity contribution is -0.161. The maximum absolute atomic E-state index is 14.0. The van der Waals surface area contributed by atoms with Crippen molar-refractivity contribution >= 4 is 28.1 Å². The van der Waals surface area contributed by atoms with Crippen molar-refractivity contribution in [1.82, 2.24) is 4.67 Å². The van der Waals surface area contributed by atoms with Gasteiger partial charge in [0.2, 0.25) is 13.6 Å². The minimum atomic E-state index is -4.23. The molecule has 13 nitrogen and oxygen atoms in total. The summed E-state index contributed by atoms with van der Waals surface area (Å²) >= 11 is 0. The first-order chi connectivity index (χ1) is 22.8. The molecule has 1 saturated heterocycles. The average molecular weight is 729 g/mol. The van der Waals surface area contributed by atoms with Gasteiger partial charge in [-0.05, 0) is 80.9 Å². The first-order valence-electron chi connectivity index (χ1n) is 16.3. The van der Waals surface area contributed by atoms with Crippen LogP contribution in [-0.4, -0.2) is 74.3 Å². The van der Waals surface area contributed by atoms with Crippen LogP contribution in [0.2, 0.25) is 0 Å². The van der Waals surface area contributed by atoms with Gasteiger partial charge in [-0.3, -0.25) is 23.2 Å². The molecule has 15 heteroatoms. The highest BCUT2D eigenvalue weighted by Crippen LogP contribution is 2.53. The van der Waals surface area contributed by atoms with E-state index in [1.54, 1.807) is 48.7 Å². The van der Waals surface area contributed by atoms with E-state index in [1.807, 2.05) is 58.0 Å². The number of ether oxygens (including phenoxy) is 4. The third-order valence-electron chi connectivity index (χ3n) is 7.05. The zero-order chi connectivity index (χ0) is 37.0. The first kappa shape index (κ1) is 42.9. The normalized spacial score (nSPS) is 21.0. The summed E-state index contributed by atoms with van der Waals surface area (Å²) in [6.45, 7) is 16.9. The standard InChI is InChI=1S/C34H54N2O11P2/c1-24(2)36(25(3)4)48(43-20-15-19-35)47-29-27(46-28(30(29)40-11)26-16-13-12-14-17-26)18-21-49(39,44-22-41-31(37)33(5,6)7)45-23-42-32(38)34(8,9)10/h12-14,16-18,21,24-25,27-30H,15,20,22-23H2,1-11H3/b21-18+/t27-,28+,29-,30+,48?/m1/s1. The Morgan fingerprint density at radius 3 is 1.94 bits per heavy atom. The Labute approximate surface area is 293 Å². The summed E-state index contributed by atoms with van der Waals surface area (Å²) < 4.78 is 62.8. The summed E-state index contributed by atoms with van der Waals surface area (Å²) in [7, 11) is -4.40. The van der Waals surface area contributed by atoms with E-state index >= 15 is 0 Å². The molecule has 5 atom stereocenters. The van der Waals surface area contributed by atoms with Crippen molar-refractivity contribution in [1.29, 1.82) is 5.26 Å². The Morgan fingerprint density at radius 1 is 0.959 bits per heavy atom. The van der Waals surface area contributed by atoms with Crippen LogP contribution in [0.3, 0.4) is 0 Å². The van der Waals surface area contributed by atoms with Crippen LogP contribution in [0.5, 0.6) is 0 Å². The number of esters is 2. The van der Waals surface area contributed by atoms with Crippen molar-refractivity contribution in [3.63, 3.8) is 0 Å². The Bertz CT molecular complexity index is 1260. The molecule has 276 valence electrons. The molecule has 1 aromatic rings. The van der Waals surface area contributed by atoms with Gasteiger partial charge in [-0.1, -0.05) is 30.3 Å². The number of hydrogen-bond donors (Lipinski definition) is 0. The number of benzene rings is 1. The molecule has 0 saturated carbocycles. The summed E-state index contributed by atoms with van der Waals surface area (Å²) in [4.78, 5) is 24.7. The van der Waals surface area contributed by atoms with E-state index in [1.165, 1.54) is 11.9 Å². The number of hydrogen-bond acceptors (Lipinski definition) is 13. The van der Waals surface area contributed by atoms with Gasteiger partial charge in [0.25, 0.3) is 8.53 Å². The summed E-state index contributed by atoms with van der Waals surface area (Å²) in [5, 5.41) is 9.18. The molecule has 0 bridgehead atoms. The van der Waals surface area contributed by atoms with E-state index in [4.69, 9.17) is 37.0 Å². The maximum Gasteiger partial charge on any atom is 0.359 e. The van der Waals surface area contributed by atoms with Gasteiger partial charge in [0.05, 0.1) is 29.9 Å². The molecular formula is C34H54N2O11P2. The van der Waals surface area contributed by atoms with Gasteiger partial charge in [0.1, 0.15) is 24.4 Å². The van der Waals surface area contributed by atoms with Gasteiger partial charge >= 0.3 is 19.5 Å². The molecule has 0 aliphatic carbocycles. The van der Waals surface area contributed by atoms with Crippen LogP contribution in [0.15, 0.2) is 42.2 Å². The molecule has 0 radical (unpaired) electrons. The zero-order valence-electron chi connectivity index (χ0n) is 30.6. The number of carbonyl (C=O) groups is 2. The van der Waals surface area contributed by atoms with E-state index in [-0.39, 0.29) is 25.1 Å². The summed E-state index contributed by atoms with van der Waals surface area (Å²) in [6.07, 6.45) is -1.22. The predicted octanol–water partition coefficient (Wildman–Crippen LogP) is 7.64. The molecule has 2 rings (SSSR count). The molecule has 1 aliphatic rings. The Balaban J connectivity index is 2.50. The second-order valence-corrected chi connectivity index (χ2v) is 17.3. The minimum Gasteiger partial charge on any atom is -0.438 e. The van der Waals surface area contributed by atoms with E-state index in [0.29, 0.717) is 0 Å². The molecule has 0 aromatic heterocycles. The molecule has 1 heterocycles. The van der Waals surface area contributed by atoms with E-state index in [2.05, 4.69) is 10.7 Å². The number of nitrogens with zero attached hydrogens (tertiary/aromatic N) is 2. The van der Waals surface area contributed by atoms with E-state index in [0.717, 1.165) is 5.56 Å². The van der Waals surface area contributed by atoms with Crippen molar-refractivity contribution < 1.29 is 51.2 Å². The topological polar surface area (TPSA) is 152 Å². The predicted molar refractivity (Wildman–Crippen MR) is 185 cm³/mol. The zero-order valence-corrected chi connectivity index (χ0v) is 32.4. The fourth-order valence-corrected chi connectivity index (χ4v) is 7.36. The van der Waals surface area contributed by atoms with Crippen LogP contribution in [0.25, 0.3) is 0 Å². The highest BCUT2D eigenvalue weighted by molar-refractivity contribution is 7.57. The molecule has 1 unspecified atom stereocenters. The molecule has 1 aliphatic heterocycles. The van der Waals surface area contributed by atoms with Crippen molar-refractivity contribution in [3.05, 3.63) is 47.8 Å². The lowest BCUT2D eigenvalue weighted by atomic mass is 9.98. The van der Waals surface area contributed by atoms with Crippen molar-refractivity contribution in [2.75, 3.05) is 27.3 Å². The fourth-order valence-electron chi connectivity index (χ4n) is 4.58. The van der Waals surface area contributed by atoms with Crippen molar-refractivity contribution in [3.8, 4) is 6.07 Å². The molecule has 0 spiro atoms. The van der Waals surface area contributed by atoms with Gasteiger partial charge in [-0.15, -0.1) is 0 Å². The Kier molecular flexibility index (Phi) is 17.0. The van der Waals surface area contributed by atoms with Crippen LogP contribution < -0.4 is 0 Å². The SMILES string of the molecule is CO[C@@H]1[C@H](OP(OCCC#N)N(C(C)C)C(C)C)[C@@H](/C=C/P(=O)(OCOC(=O)C(C)(C)C)OCOC(=O)C(C)(C)C)O[C@H]1c1ccccc1. The van der Waals surface area contributed by atoms with Gasteiger partial charge in [0.15, 0.2) is 0 Å². The van der Waals surface area contributed by atoms with Crippen LogP contribution in [0.1, 0.15) is 87.3 Å². The molecule has 49 heavy (non-hydrogen) atoms. The summed E-state index contributed by atoms with van der Waals surface area (Å²) in [6, 6.07) is 11.6. The molecule has 1 fully saturated rings. The summed E-state index contributed by atoms with van der Waals surface area (Å²) in [5.41, 5.74) is -0.829. The maximum atomic E-state index is 14.0. The van der Waals surface area contributed by atoms with Crippen LogP contribution in [-0.2, 0) is 51.2 Å². The number of nitriles is 1. The Hall–Kier alpha value is -2.23. The lowest BCUT2D eigenvalue weighted by Gasteiger charge is -2.38. The fraction of sp³-hybridized carbons (Fsp3) is 0.676. The van der Waals surface area contributed by atoms with Crippen LogP contribution in [0.4, 0.5) is 0 Å². The van der Waals surface area contributed by atoms with Gasteiger partial charge in [-0.2, -0.15) is 5.26 Å². The third kappa shape index (κ3) is 13.4.